The van der Waals surface area contributed by atoms with Gasteiger partial charge >= 0.3 is 12.1 Å². The number of pyridine rings is 1. The van der Waals surface area contributed by atoms with E-state index in [9.17, 15) is 22.4 Å². The van der Waals surface area contributed by atoms with Crippen LogP contribution in [0.2, 0.25) is 0 Å². The van der Waals surface area contributed by atoms with E-state index < -0.39 is 29.4 Å². The SMILES string of the molecule is CCOC(=O)c1ccc(C(F)(F)F)c(F)n1. The summed E-state index contributed by atoms with van der Waals surface area (Å²) < 4.78 is 53.8. The van der Waals surface area contributed by atoms with Crippen molar-refractivity contribution in [2.24, 2.45) is 0 Å². The van der Waals surface area contributed by atoms with Gasteiger partial charge in [0.1, 0.15) is 5.56 Å². The molecule has 0 atom stereocenters. The van der Waals surface area contributed by atoms with E-state index in [1.165, 1.54) is 6.92 Å². The van der Waals surface area contributed by atoms with Crippen molar-refractivity contribution in [2.75, 3.05) is 6.61 Å². The first-order valence-corrected chi connectivity index (χ1v) is 4.27. The molecule has 0 spiro atoms. The molecular weight excluding hydrogens is 230 g/mol. The summed E-state index contributed by atoms with van der Waals surface area (Å²) >= 11 is 0. The van der Waals surface area contributed by atoms with Crippen LogP contribution in [0.3, 0.4) is 0 Å². The molecule has 1 aromatic heterocycles. The van der Waals surface area contributed by atoms with Crippen LogP contribution in [-0.2, 0) is 10.9 Å². The van der Waals surface area contributed by atoms with E-state index in [0.717, 1.165) is 6.07 Å². The average molecular weight is 237 g/mol. The number of alkyl halides is 3. The van der Waals surface area contributed by atoms with Gasteiger partial charge in [-0.25, -0.2) is 9.78 Å². The molecule has 0 aromatic carbocycles. The fraction of sp³-hybridized carbons (Fsp3) is 0.333. The molecule has 0 radical (unpaired) electrons. The molecule has 0 saturated heterocycles. The Morgan fingerprint density at radius 3 is 2.50 bits per heavy atom. The largest absolute Gasteiger partial charge is 0.461 e. The minimum atomic E-state index is -4.83. The molecule has 0 aliphatic carbocycles. The molecule has 0 aliphatic rings. The van der Waals surface area contributed by atoms with Crippen molar-refractivity contribution < 1.29 is 27.1 Å². The lowest BCUT2D eigenvalue weighted by molar-refractivity contribution is -0.140. The third-order valence-corrected chi connectivity index (χ3v) is 1.64. The van der Waals surface area contributed by atoms with Gasteiger partial charge in [-0.05, 0) is 19.1 Å². The number of hydrogen-bond acceptors (Lipinski definition) is 3. The van der Waals surface area contributed by atoms with Crippen LogP contribution in [0.4, 0.5) is 17.6 Å². The van der Waals surface area contributed by atoms with Crippen LogP contribution in [0.25, 0.3) is 0 Å². The highest BCUT2D eigenvalue weighted by molar-refractivity contribution is 5.87. The topological polar surface area (TPSA) is 39.2 Å². The van der Waals surface area contributed by atoms with E-state index in [4.69, 9.17) is 0 Å². The first kappa shape index (κ1) is 12.4. The average Bonchev–Trinajstić information content (AvgIpc) is 2.16. The predicted octanol–water partition coefficient (Wildman–Crippen LogP) is 2.42. The molecule has 16 heavy (non-hydrogen) atoms. The minimum absolute atomic E-state index is 0.0309. The molecule has 3 nitrogen and oxygen atoms in total. The highest BCUT2D eigenvalue weighted by Crippen LogP contribution is 2.30. The van der Waals surface area contributed by atoms with Crippen LogP contribution in [0.1, 0.15) is 23.0 Å². The summed E-state index contributed by atoms with van der Waals surface area (Å²) in [7, 11) is 0. The Balaban J connectivity index is 3.05. The van der Waals surface area contributed by atoms with E-state index in [1.807, 2.05) is 0 Å². The van der Waals surface area contributed by atoms with Crippen molar-refractivity contribution in [2.45, 2.75) is 13.1 Å². The van der Waals surface area contributed by atoms with Crippen molar-refractivity contribution in [3.05, 3.63) is 29.3 Å². The zero-order chi connectivity index (χ0) is 12.3. The van der Waals surface area contributed by atoms with Crippen LogP contribution in [0.5, 0.6) is 0 Å². The second-order valence-corrected chi connectivity index (χ2v) is 2.75. The Labute approximate surface area is 88.0 Å². The first-order valence-electron chi connectivity index (χ1n) is 4.27. The number of esters is 1. The summed E-state index contributed by atoms with van der Waals surface area (Å²) in [6.07, 6.45) is -4.83. The number of hydrogen-bond donors (Lipinski definition) is 0. The van der Waals surface area contributed by atoms with Gasteiger partial charge in [-0.3, -0.25) is 0 Å². The Morgan fingerprint density at radius 2 is 2.06 bits per heavy atom. The van der Waals surface area contributed by atoms with E-state index in [0.29, 0.717) is 6.07 Å². The van der Waals surface area contributed by atoms with Crippen LogP contribution in [0.15, 0.2) is 12.1 Å². The first-order chi connectivity index (χ1) is 7.36. The number of carbonyl (C=O) groups is 1. The van der Waals surface area contributed by atoms with E-state index >= 15 is 0 Å². The summed E-state index contributed by atoms with van der Waals surface area (Å²) in [5.41, 5.74) is -2.01. The highest BCUT2D eigenvalue weighted by Gasteiger charge is 2.35. The number of ether oxygens (including phenoxy) is 1. The highest BCUT2D eigenvalue weighted by atomic mass is 19.4. The molecule has 7 heteroatoms. The van der Waals surface area contributed by atoms with Gasteiger partial charge in [-0.1, -0.05) is 0 Å². The van der Waals surface area contributed by atoms with Gasteiger partial charge in [0.25, 0.3) is 0 Å². The van der Waals surface area contributed by atoms with Crippen LogP contribution < -0.4 is 0 Å². The van der Waals surface area contributed by atoms with Crippen molar-refractivity contribution in [3.63, 3.8) is 0 Å². The maximum atomic E-state index is 12.9. The zero-order valence-corrected chi connectivity index (χ0v) is 8.14. The van der Waals surface area contributed by atoms with Crippen molar-refractivity contribution in [3.8, 4) is 0 Å². The van der Waals surface area contributed by atoms with Crippen molar-refractivity contribution in [1.29, 1.82) is 0 Å². The Kier molecular flexibility index (Phi) is 3.46. The molecule has 1 rings (SSSR count). The lowest BCUT2D eigenvalue weighted by Crippen LogP contribution is -2.13. The smallest absolute Gasteiger partial charge is 0.420 e. The summed E-state index contributed by atoms with van der Waals surface area (Å²) in [6, 6.07) is 1.22. The summed E-state index contributed by atoms with van der Waals surface area (Å²) in [5.74, 6) is -2.70. The van der Waals surface area contributed by atoms with E-state index in [-0.39, 0.29) is 6.61 Å². The summed E-state index contributed by atoms with van der Waals surface area (Å²) in [6.45, 7) is 1.54. The molecule has 0 unspecified atom stereocenters. The van der Waals surface area contributed by atoms with Crippen LogP contribution >= 0.6 is 0 Å². The number of rotatable bonds is 2. The number of halogens is 4. The molecule has 1 heterocycles. The monoisotopic (exact) mass is 237 g/mol. The Morgan fingerprint density at radius 1 is 1.44 bits per heavy atom. The Hall–Kier alpha value is -1.66. The van der Waals surface area contributed by atoms with Gasteiger partial charge < -0.3 is 4.74 Å². The summed E-state index contributed by atoms with van der Waals surface area (Å²) in [4.78, 5) is 13.9. The lowest BCUT2D eigenvalue weighted by atomic mass is 10.2. The second kappa shape index (κ2) is 4.46. The van der Waals surface area contributed by atoms with Crippen molar-refractivity contribution in [1.82, 2.24) is 4.98 Å². The fourth-order valence-electron chi connectivity index (χ4n) is 0.964. The predicted molar refractivity (Wildman–Crippen MR) is 45.2 cm³/mol. The normalized spacial score (nSPS) is 11.3. The quantitative estimate of drug-likeness (QED) is 0.450. The third kappa shape index (κ3) is 2.68. The molecule has 1 aromatic rings. The van der Waals surface area contributed by atoms with Gasteiger partial charge in [-0.15, -0.1) is 0 Å². The molecule has 0 saturated carbocycles. The van der Waals surface area contributed by atoms with Gasteiger partial charge in [0.2, 0.25) is 5.95 Å². The molecule has 0 fully saturated rings. The zero-order valence-electron chi connectivity index (χ0n) is 8.14. The molecule has 0 N–H and O–H groups in total. The number of nitrogens with zero attached hydrogens (tertiary/aromatic N) is 1. The minimum Gasteiger partial charge on any atom is -0.461 e. The molecule has 0 amide bonds. The lowest BCUT2D eigenvalue weighted by Gasteiger charge is -2.07. The van der Waals surface area contributed by atoms with E-state index in [2.05, 4.69) is 9.72 Å². The summed E-state index contributed by atoms with van der Waals surface area (Å²) in [5, 5.41) is 0. The molecule has 0 aliphatic heterocycles. The van der Waals surface area contributed by atoms with Gasteiger partial charge in [0, 0.05) is 0 Å². The third-order valence-electron chi connectivity index (χ3n) is 1.64. The second-order valence-electron chi connectivity index (χ2n) is 2.75. The molecule has 88 valence electrons. The van der Waals surface area contributed by atoms with E-state index in [1.54, 1.807) is 0 Å². The van der Waals surface area contributed by atoms with Gasteiger partial charge in [-0.2, -0.15) is 17.6 Å². The van der Waals surface area contributed by atoms with Gasteiger partial charge in [0.15, 0.2) is 5.69 Å². The number of carbonyl (C=O) groups excluding carboxylic acids is 1. The number of aromatic nitrogens is 1. The fourth-order valence-corrected chi connectivity index (χ4v) is 0.964. The molecule has 0 bridgehead atoms. The van der Waals surface area contributed by atoms with Gasteiger partial charge in [0.05, 0.1) is 6.61 Å². The van der Waals surface area contributed by atoms with Crippen LogP contribution in [0, 0.1) is 5.95 Å². The maximum Gasteiger partial charge on any atom is 0.420 e. The Bertz CT molecular complexity index is 403. The van der Waals surface area contributed by atoms with Crippen molar-refractivity contribution >= 4 is 5.97 Å². The standard InChI is InChI=1S/C9H7F4NO2/c1-2-16-8(15)6-4-3-5(7(10)14-6)9(11,12)13/h3-4H,2H2,1H3. The maximum absolute atomic E-state index is 12.9. The van der Waals surface area contributed by atoms with Crippen LogP contribution in [-0.4, -0.2) is 17.6 Å². The molecular formula is C9H7F4NO2.